The van der Waals surface area contributed by atoms with Crippen molar-refractivity contribution in [3.63, 3.8) is 0 Å². The van der Waals surface area contributed by atoms with Crippen LogP contribution in [0.3, 0.4) is 0 Å². The first-order valence-electron chi connectivity index (χ1n) is 9.06. The second kappa shape index (κ2) is 8.35. The highest BCUT2D eigenvalue weighted by atomic mass is 35.5. The van der Waals surface area contributed by atoms with Gasteiger partial charge in [-0.05, 0) is 49.7 Å². The lowest BCUT2D eigenvalue weighted by Gasteiger charge is -2.10. The van der Waals surface area contributed by atoms with Crippen LogP contribution < -0.4 is 5.32 Å². The third kappa shape index (κ3) is 4.09. The topological polar surface area (TPSA) is 109 Å². The summed E-state index contributed by atoms with van der Waals surface area (Å²) in [4.78, 5) is 36.4. The van der Waals surface area contributed by atoms with E-state index in [1.54, 1.807) is 0 Å². The van der Waals surface area contributed by atoms with Gasteiger partial charge in [0.15, 0.2) is 11.6 Å². The van der Waals surface area contributed by atoms with E-state index in [0.717, 1.165) is 16.7 Å². The fourth-order valence-corrected chi connectivity index (χ4v) is 3.39. The molecule has 0 bridgehead atoms. The van der Waals surface area contributed by atoms with Gasteiger partial charge >= 0.3 is 5.97 Å². The number of nitrogens with one attached hydrogen (secondary N) is 1. The molecule has 0 aliphatic rings. The van der Waals surface area contributed by atoms with Gasteiger partial charge in [0.2, 0.25) is 5.91 Å². The second-order valence-electron chi connectivity index (χ2n) is 6.93. The summed E-state index contributed by atoms with van der Waals surface area (Å²) in [7, 11) is 0. The maximum Gasteiger partial charge on any atom is 0.325 e. The number of hydrogen-bond acceptors (Lipinski definition) is 4. The molecule has 3 aromatic rings. The van der Waals surface area contributed by atoms with Crippen molar-refractivity contribution in [2.75, 3.05) is 0 Å². The quantitative estimate of drug-likeness (QED) is 0.552. The minimum Gasteiger partial charge on any atom is -0.505 e. The maximum absolute atomic E-state index is 14.8. The molecule has 3 N–H and O–H groups in total. The summed E-state index contributed by atoms with van der Waals surface area (Å²) in [5.74, 6) is -5.21. The number of fused-ring (bicyclic) bond motifs is 1. The molecular weight excluding hydrogens is 434 g/mol. The first kappa shape index (κ1) is 22.2. The van der Waals surface area contributed by atoms with Gasteiger partial charge in [-0.1, -0.05) is 11.6 Å². The summed E-state index contributed by atoms with van der Waals surface area (Å²) in [6.07, 6.45) is -0.449. The predicted molar refractivity (Wildman–Crippen MR) is 108 cm³/mol. The minimum absolute atomic E-state index is 0.0576. The van der Waals surface area contributed by atoms with Gasteiger partial charge in [-0.25, -0.2) is 8.78 Å². The molecule has 1 heterocycles. The number of rotatable bonds is 5. The van der Waals surface area contributed by atoms with Crippen LogP contribution in [0.4, 0.5) is 8.78 Å². The smallest absolute Gasteiger partial charge is 0.325 e. The molecule has 1 atom stereocenters. The molecule has 31 heavy (non-hydrogen) atoms. The van der Waals surface area contributed by atoms with E-state index in [-0.39, 0.29) is 32.7 Å². The van der Waals surface area contributed by atoms with Crippen molar-refractivity contribution in [2.45, 2.75) is 26.3 Å². The Balaban J connectivity index is 2.15. The Morgan fingerprint density at radius 3 is 2.48 bits per heavy atom. The molecule has 0 saturated carbocycles. The lowest BCUT2D eigenvalue weighted by Crippen LogP contribution is -2.39. The predicted octanol–water partition coefficient (Wildman–Crippen LogP) is 3.41. The fourth-order valence-electron chi connectivity index (χ4n) is 3.28. The molecule has 7 nitrogen and oxygen atoms in total. The molecular formula is C21H17ClF2N2O5. The SMILES string of the molecule is Cc1c(CC(=O)NC(C)C(=O)O)c2c(F)c(O)ccc2n1C(=O)c1ccc(Cl)c(F)c1. The Morgan fingerprint density at radius 1 is 1.19 bits per heavy atom. The number of phenols is 1. The molecule has 0 saturated heterocycles. The molecule has 162 valence electrons. The number of carbonyl (C=O) groups is 3. The van der Waals surface area contributed by atoms with Crippen LogP contribution in [0.2, 0.25) is 5.02 Å². The first-order chi connectivity index (χ1) is 14.5. The van der Waals surface area contributed by atoms with Crippen molar-refractivity contribution < 1.29 is 33.4 Å². The van der Waals surface area contributed by atoms with Crippen LogP contribution in [0.25, 0.3) is 10.9 Å². The van der Waals surface area contributed by atoms with E-state index in [0.29, 0.717) is 0 Å². The zero-order valence-electron chi connectivity index (χ0n) is 16.4. The second-order valence-corrected chi connectivity index (χ2v) is 7.34. The van der Waals surface area contributed by atoms with Gasteiger partial charge in [0.05, 0.1) is 17.0 Å². The lowest BCUT2D eigenvalue weighted by molar-refractivity contribution is -0.141. The minimum atomic E-state index is -1.25. The number of aromatic nitrogens is 1. The summed E-state index contributed by atoms with van der Waals surface area (Å²) in [5.41, 5.74) is 0.257. The number of carbonyl (C=O) groups excluding carboxylic acids is 2. The van der Waals surface area contributed by atoms with Crippen molar-refractivity contribution in [1.82, 2.24) is 9.88 Å². The van der Waals surface area contributed by atoms with Crippen molar-refractivity contribution in [1.29, 1.82) is 0 Å². The van der Waals surface area contributed by atoms with E-state index in [1.807, 2.05) is 0 Å². The van der Waals surface area contributed by atoms with Gasteiger partial charge in [0.25, 0.3) is 5.91 Å². The van der Waals surface area contributed by atoms with Crippen LogP contribution in [0.15, 0.2) is 30.3 Å². The summed E-state index contributed by atoms with van der Waals surface area (Å²) in [6, 6.07) is 4.62. The van der Waals surface area contributed by atoms with E-state index in [4.69, 9.17) is 16.7 Å². The fraction of sp³-hybridized carbons (Fsp3) is 0.190. The van der Waals surface area contributed by atoms with E-state index < -0.39 is 47.6 Å². The normalized spacial score (nSPS) is 12.0. The zero-order valence-corrected chi connectivity index (χ0v) is 17.1. The Labute approximate surface area is 179 Å². The van der Waals surface area contributed by atoms with Gasteiger partial charge in [-0.3, -0.25) is 19.0 Å². The molecule has 0 aliphatic carbocycles. The largest absolute Gasteiger partial charge is 0.505 e. The van der Waals surface area contributed by atoms with Crippen LogP contribution >= 0.6 is 11.6 Å². The number of benzene rings is 2. The first-order valence-corrected chi connectivity index (χ1v) is 9.44. The summed E-state index contributed by atoms with van der Waals surface area (Å²) in [5, 5.41) is 20.7. The number of hydrogen-bond donors (Lipinski definition) is 3. The Morgan fingerprint density at radius 2 is 1.87 bits per heavy atom. The zero-order chi connectivity index (χ0) is 23.0. The number of carboxylic acids is 1. The number of nitrogens with zero attached hydrogens (tertiary/aromatic N) is 1. The highest BCUT2D eigenvalue weighted by Crippen LogP contribution is 2.33. The van der Waals surface area contributed by atoms with Crippen molar-refractivity contribution in [2.24, 2.45) is 0 Å². The molecule has 10 heteroatoms. The molecule has 0 radical (unpaired) electrons. The summed E-state index contributed by atoms with van der Waals surface area (Å²) < 4.78 is 29.8. The number of aliphatic carboxylic acids is 1. The lowest BCUT2D eigenvalue weighted by atomic mass is 10.1. The Hall–Kier alpha value is -3.46. The Bertz CT molecular complexity index is 1240. The highest BCUT2D eigenvalue weighted by molar-refractivity contribution is 6.30. The maximum atomic E-state index is 14.8. The van der Waals surface area contributed by atoms with Crippen LogP contribution in [0, 0.1) is 18.6 Å². The van der Waals surface area contributed by atoms with E-state index >= 15 is 0 Å². The van der Waals surface area contributed by atoms with Crippen LogP contribution in [0.5, 0.6) is 5.75 Å². The molecule has 0 fully saturated rings. The van der Waals surface area contributed by atoms with Gasteiger partial charge in [0.1, 0.15) is 11.9 Å². The van der Waals surface area contributed by atoms with E-state index in [1.165, 1.54) is 32.0 Å². The van der Waals surface area contributed by atoms with Gasteiger partial charge in [-0.15, -0.1) is 0 Å². The molecule has 3 rings (SSSR count). The third-order valence-electron chi connectivity index (χ3n) is 4.87. The third-order valence-corrected chi connectivity index (χ3v) is 5.18. The van der Waals surface area contributed by atoms with Gasteiger partial charge in [-0.2, -0.15) is 0 Å². The van der Waals surface area contributed by atoms with Crippen LogP contribution in [0.1, 0.15) is 28.5 Å². The number of phenolic OH excluding ortho intramolecular Hbond substituents is 1. The van der Waals surface area contributed by atoms with Crippen molar-refractivity contribution >= 4 is 40.3 Å². The summed E-state index contributed by atoms with van der Waals surface area (Å²) >= 11 is 5.66. The molecule has 1 aromatic heterocycles. The van der Waals surface area contributed by atoms with Crippen LogP contribution in [-0.2, 0) is 16.0 Å². The van der Waals surface area contributed by atoms with Gasteiger partial charge < -0.3 is 15.5 Å². The van der Waals surface area contributed by atoms with E-state index in [9.17, 15) is 28.3 Å². The molecule has 0 spiro atoms. The number of carboxylic acid groups (broad SMARTS) is 1. The van der Waals surface area contributed by atoms with Gasteiger partial charge in [0, 0.05) is 16.6 Å². The monoisotopic (exact) mass is 450 g/mol. The van der Waals surface area contributed by atoms with Crippen molar-refractivity contribution in [3.05, 3.63) is 63.8 Å². The average molecular weight is 451 g/mol. The summed E-state index contributed by atoms with van der Waals surface area (Å²) in [6.45, 7) is 2.73. The number of amides is 1. The number of aromatic hydroxyl groups is 1. The molecule has 1 unspecified atom stereocenters. The molecule has 1 amide bonds. The molecule has 2 aromatic carbocycles. The standard InChI is InChI=1S/C21H17ClF2N2O5/c1-9(21(30)31)25-17(28)8-12-10(2)26(15-5-6-16(27)19(24)18(12)15)20(29)11-3-4-13(22)14(23)7-11/h3-7,9,27H,8H2,1-2H3,(H,25,28)(H,30,31). The molecule has 0 aliphatic heterocycles. The average Bonchev–Trinajstić information content (AvgIpc) is 2.98. The highest BCUT2D eigenvalue weighted by Gasteiger charge is 2.26. The van der Waals surface area contributed by atoms with Crippen LogP contribution in [-0.4, -0.2) is 38.6 Å². The Kier molecular flexibility index (Phi) is 5.99. The van der Waals surface area contributed by atoms with Crippen molar-refractivity contribution in [3.8, 4) is 5.75 Å². The van der Waals surface area contributed by atoms with E-state index in [2.05, 4.69) is 5.32 Å². The number of halogens is 3.